The van der Waals surface area contributed by atoms with Crippen LogP contribution in [0.1, 0.15) is 47.8 Å². The standard InChI is InChI=1S/C21H21ClN4O2/c1-13-21(28,8-9-26(13)17-6-2-14(11-23)18(22)10-17)15-3-7-19(24-12-15)20(27)25-16-4-5-16/h2-3,6-7,10,12-13,16,28H,4-5,8-9H2,1H3,(H,25,27)/t13-,21-/m0/s1. The predicted molar refractivity (Wildman–Crippen MR) is 106 cm³/mol. The second-order valence-electron chi connectivity index (χ2n) is 7.50. The van der Waals surface area contributed by atoms with E-state index < -0.39 is 5.60 Å². The minimum absolute atomic E-state index is 0.172. The highest BCUT2D eigenvalue weighted by atomic mass is 35.5. The molecule has 0 unspecified atom stereocenters. The second kappa shape index (κ2) is 7.08. The van der Waals surface area contributed by atoms with E-state index in [0.717, 1.165) is 18.5 Å². The van der Waals surface area contributed by atoms with Gasteiger partial charge in [0.15, 0.2) is 0 Å². The van der Waals surface area contributed by atoms with E-state index in [0.29, 0.717) is 34.8 Å². The number of carbonyl (C=O) groups excluding carboxylic acids is 1. The normalized spacial score (nSPS) is 24.1. The number of anilines is 1. The molecule has 144 valence electrons. The van der Waals surface area contributed by atoms with Crippen LogP contribution in [0, 0.1) is 11.3 Å². The number of benzene rings is 1. The smallest absolute Gasteiger partial charge is 0.270 e. The highest BCUT2D eigenvalue weighted by Crippen LogP contribution is 2.40. The molecule has 0 radical (unpaired) electrons. The van der Waals surface area contributed by atoms with E-state index in [9.17, 15) is 9.90 Å². The fraction of sp³-hybridized carbons (Fsp3) is 0.381. The molecule has 1 aliphatic carbocycles. The number of nitrogens with one attached hydrogen (secondary N) is 1. The minimum atomic E-state index is -1.08. The molecule has 1 aliphatic heterocycles. The number of hydrogen-bond acceptors (Lipinski definition) is 5. The summed E-state index contributed by atoms with van der Waals surface area (Å²) in [6.07, 6.45) is 4.17. The van der Waals surface area contributed by atoms with E-state index >= 15 is 0 Å². The van der Waals surface area contributed by atoms with Gasteiger partial charge in [0.05, 0.1) is 16.6 Å². The van der Waals surface area contributed by atoms with Crippen LogP contribution in [0.4, 0.5) is 5.69 Å². The van der Waals surface area contributed by atoms with Crippen molar-refractivity contribution in [3.05, 3.63) is 58.4 Å². The Morgan fingerprint density at radius 2 is 2.18 bits per heavy atom. The number of rotatable bonds is 4. The molecule has 0 bridgehead atoms. The van der Waals surface area contributed by atoms with Gasteiger partial charge in [-0.05, 0) is 50.5 Å². The molecule has 2 aliphatic rings. The Balaban J connectivity index is 1.54. The zero-order valence-electron chi connectivity index (χ0n) is 15.5. The molecule has 7 heteroatoms. The Labute approximate surface area is 168 Å². The Kier molecular flexibility index (Phi) is 4.74. The average molecular weight is 397 g/mol. The van der Waals surface area contributed by atoms with Crippen LogP contribution in [-0.2, 0) is 5.60 Å². The van der Waals surface area contributed by atoms with E-state index in [1.165, 1.54) is 0 Å². The number of pyridine rings is 1. The highest BCUT2D eigenvalue weighted by molar-refractivity contribution is 6.32. The summed E-state index contributed by atoms with van der Waals surface area (Å²) in [7, 11) is 0. The van der Waals surface area contributed by atoms with Crippen LogP contribution in [0.15, 0.2) is 36.5 Å². The van der Waals surface area contributed by atoms with Crippen molar-refractivity contribution in [2.45, 2.75) is 43.9 Å². The van der Waals surface area contributed by atoms with Gasteiger partial charge in [-0.3, -0.25) is 9.78 Å². The van der Waals surface area contributed by atoms with Gasteiger partial charge in [0.2, 0.25) is 0 Å². The van der Waals surface area contributed by atoms with Crippen molar-refractivity contribution in [3.63, 3.8) is 0 Å². The van der Waals surface area contributed by atoms with Gasteiger partial charge in [-0.1, -0.05) is 17.7 Å². The third-order valence-electron chi connectivity index (χ3n) is 5.71. The van der Waals surface area contributed by atoms with Gasteiger partial charge in [-0.15, -0.1) is 0 Å². The number of halogens is 1. The molecular weight excluding hydrogens is 376 g/mol. The van der Waals surface area contributed by atoms with Crippen molar-refractivity contribution in [3.8, 4) is 6.07 Å². The maximum absolute atomic E-state index is 12.1. The molecule has 1 aromatic heterocycles. The SMILES string of the molecule is C[C@@H]1N(c2ccc(C#N)c(Cl)c2)CC[C@@]1(O)c1ccc(C(=O)NC2CC2)nc1. The van der Waals surface area contributed by atoms with E-state index in [2.05, 4.69) is 21.3 Å². The first kappa shape index (κ1) is 18.7. The molecule has 1 aromatic carbocycles. The molecule has 2 fully saturated rings. The summed E-state index contributed by atoms with van der Waals surface area (Å²) >= 11 is 6.17. The van der Waals surface area contributed by atoms with Crippen LogP contribution in [0.25, 0.3) is 0 Å². The van der Waals surface area contributed by atoms with E-state index in [1.54, 1.807) is 30.5 Å². The topological polar surface area (TPSA) is 89.3 Å². The molecule has 1 saturated heterocycles. The summed E-state index contributed by atoms with van der Waals surface area (Å²) in [6.45, 7) is 2.59. The second-order valence-corrected chi connectivity index (χ2v) is 7.91. The summed E-state index contributed by atoms with van der Waals surface area (Å²) in [5.41, 5.74) is 1.25. The Morgan fingerprint density at radius 3 is 2.79 bits per heavy atom. The molecular formula is C21H21ClN4O2. The summed E-state index contributed by atoms with van der Waals surface area (Å²) in [5.74, 6) is -0.172. The molecule has 2 aromatic rings. The van der Waals surface area contributed by atoms with E-state index in [-0.39, 0.29) is 18.0 Å². The van der Waals surface area contributed by atoms with Crippen LogP contribution in [-0.4, -0.2) is 34.6 Å². The lowest BCUT2D eigenvalue weighted by Crippen LogP contribution is -2.40. The number of amides is 1. The molecule has 1 saturated carbocycles. The van der Waals surface area contributed by atoms with Crippen molar-refractivity contribution >= 4 is 23.2 Å². The van der Waals surface area contributed by atoms with Crippen LogP contribution in [0.2, 0.25) is 5.02 Å². The maximum atomic E-state index is 12.1. The van der Waals surface area contributed by atoms with Crippen LogP contribution >= 0.6 is 11.6 Å². The number of hydrogen-bond donors (Lipinski definition) is 2. The summed E-state index contributed by atoms with van der Waals surface area (Å²) in [6, 6.07) is 10.9. The quantitative estimate of drug-likeness (QED) is 0.829. The first-order valence-corrected chi connectivity index (χ1v) is 9.76. The molecule has 6 nitrogen and oxygen atoms in total. The minimum Gasteiger partial charge on any atom is -0.383 e. The average Bonchev–Trinajstić information content (AvgIpc) is 3.46. The lowest BCUT2D eigenvalue weighted by atomic mass is 9.88. The Morgan fingerprint density at radius 1 is 1.39 bits per heavy atom. The van der Waals surface area contributed by atoms with Gasteiger partial charge in [0.25, 0.3) is 5.91 Å². The monoisotopic (exact) mass is 396 g/mol. The Bertz CT molecular complexity index is 952. The zero-order chi connectivity index (χ0) is 19.9. The number of aromatic nitrogens is 1. The summed E-state index contributed by atoms with van der Waals surface area (Å²) in [5, 5.41) is 23.7. The van der Waals surface area contributed by atoms with Crippen LogP contribution in [0.5, 0.6) is 0 Å². The summed E-state index contributed by atoms with van der Waals surface area (Å²) < 4.78 is 0. The van der Waals surface area contributed by atoms with Gasteiger partial charge in [-0.25, -0.2) is 0 Å². The third kappa shape index (κ3) is 3.32. The third-order valence-corrected chi connectivity index (χ3v) is 6.02. The molecule has 1 amide bonds. The maximum Gasteiger partial charge on any atom is 0.270 e. The number of nitrogens with zero attached hydrogens (tertiary/aromatic N) is 3. The van der Waals surface area contributed by atoms with Crippen molar-refractivity contribution < 1.29 is 9.90 Å². The fourth-order valence-corrected chi connectivity index (χ4v) is 3.95. The number of carbonyl (C=O) groups is 1. The van der Waals surface area contributed by atoms with Crippen molar-refractivity contribution in [1.29, 1.82) is 5.26 Å². The largest absolute Gasteiger partial charge is 0.383 e. The van der Waals surface area contributed by atoms with Gasteiger partial charge in [-0.2, -0.15) is 5.26 Å². The molecule has 2 atom stereocenters. The zero-order valence-corrected chi connectivity index (χ0v) is 16.3. The summed E-state index contributed by atoms with van der Waals surface area (Å²) in [4.78, 5) is 18.5. The molecule has 2 heterocycles. The highest BCUT2D eigenvalue weighted by Gasteiger charge is 2.45. The predicted octanol–water partition coefficient (Wildman–Crippen LogP) is 2.99. The molecule has 2 N–H and O–H groups in total. The number of nitriles is 1. The van der Waals surface area contributed by atoms with Gasteiger partial charge in [0, 0.05) is 30.0 Å². The van der Waals surface area contributed by atoms with Crippen LogP contribution < -0.4 is 10.2 Å². The van der Waals surface area contributed by atoms with E-state index in [4.69, 9.17) is 16.9 Å². The lowest BCUT2D eigenvalue weighted by molar-refractivity contribution is 0.0326. The fourth-order valence-electron chi connectivity index (χ4n) is 3.73. The molecule has 4 rings (SSSR count). The first-order valence-electron chi connectivity index (χ1n) is 9.38. The Hall–Kier alpha value is -2.62. The first-order chi connectivity index (χ1) is 13.4. The van der Waals surface area contributed by atoms with E-state index in [1.807, 2.05) is 13.0 Å². The van der Waals surface area contributed by atoms with Crippen LogP contribution in [0.3, 0.4) is 0 Å². The molecule has 0 spiro atoms. The van der Waals surface area contributed by atoms with Gasteiger partial charge in [0.1, 0.15) is 17.4 Å². The number of aliphatic hydroxyl groups is 1. The van der Waals surface area contributed by atoms with Crippen molar-refractivity contribution in [2.75, 3.05) is 11.4 Å². The lowest BCUT2D eigenvalue weighted by Gasteiger charge is -2.33. The van der Waals surface area contributed by atoms with Gasteiger partial charge >= 0.3 is 0 Å². The van der Waals surface area contributed by atoms with Crippen molar-refractivity contribution in [1.82, 2.24) is 10.3 Å². The van der Waals surface area contributed by atoms with Crippen molar-refractivity contribution in [2.24, 2.45) is 0 Å². The molecule has 28 heavy (non-hydrogen) atoms. The van der Waals surface area contributed by atoms with Gasteiger partial charge < -0.3 is 15.3 Å².